The molecule has 0 radical (unpaired) electrons. The monoisotopic (exact) mass is 862 g/mol. The predicted molar refractivity (Wildman–Crippen MR) is 279 cm³/mol. The third kappa shape index (κ3) is 4.98. The fourth-order valence-corrected chi connectivity index (χ4v) is 13.1. The summed E-state index contributed by atoms with van der Waals surface area (Å²) in [6.45, 7) is 6.69. The van der Waals surface area contributed by atoms with Gasteiger partial charge in [-0.05, 0) is 86.2 Å². The molecule has 0 amide bonds. The number of benzene rings is 9. The number of hydrogen-bond acceptors (Lipinski definition) is 4. The molecule has 3 aliphatic rings. The summed E-state index contributed by atoms with van der Waals surface area (Å²) in [7, 11) is 0. The summed E-state index contributed by atoms with van der Waals surface area (Å²) in [5, 5.41) is 3.74. The molecule has 312 valence electrons. The first kappa shape index (κ1) is 37.7. The molecule has 3 aliphatic heterocycles. The van der Waals surface area contributed by atoms with Gasteiger partial charge in [0, 0.05) is 59.2 Å². The minimum atomic E-state index is -0.604. The van der Waals surface area contributed by atoms with Crippen molar-refractivity contribution >= 4 is 88.9 Å². The van der Waals surface area contributed by atoms with Gasteiger partial charge in [0.2, 0.25) is 5.88 Å². The van der Waals surface area contributed by atoms with Crippen molar-refractivity contribution in [2.24, 2.45) is 0 Å². The van der Waals surface area contributed by atoms with Gasteiger partial charge < -0.3 is 9.23 Å². The Morgan fingerprint density at radius 3 is 1.92 bits per heavy atom. The first-order chi connectivity index (χ1) is 32.4. The molecule has 14 rings (SSSR count). The lowest BCUT2D eigenvalue weighted by atomic mass is 9.42. The van der Waals surface area contributed by atoms with Crippen LogP contribution in [0.3, 0.4) is 0 Å². The minimum Gasteiger partial charge on any atom is -0.440 e. The van der Waals surface area contributed by atoms with Gasteiger partial charge in [-0.15, -0.1) is 11.3 Å². The topological polar surface area (TPSA) is 19.6 Å². The van der Waals surface area contributed by atoms with E-state index in [4.69, 9.17) is 4.42 Å². The van der Waals surface area contributed by atoms with Crippen LogP contribution in [0.4, 0.5) is 28.6 Å². The quantitative estimate of drug-likeness (QED) is 0.164. The molecule has 0 N–H and O–H groups in total. The lowest BCUT2D eigenvalue weighted by Crippen LogP contribution is -2.63. The van der Waals surface area contributed by atoms with Gasteiger partial charge >= 0.3 is 6.85 Å². The summed E-state index contributed by atoms with van der Waals surface area (Å²) < 4.78 is 9.92. The Morgan fingerprint density at radius 2 is 1.17 bits per heavy atom. The van der Waals surface area contributed by atoms with Crippen molar-refractivity contribution in [3.8, 4) is 22.3 Å². The molecule has 0 saturated heterocycles. The zero-order valence-corrected chi connectivity index (χ0v) is 37.7. The van der Waals surface area contributed by atoms with E-state index in [1.165, 1.54) is 92.5 Å². The molecule has 2 aromatic heterocycles. The third-order valence-corrected chi connectivity index (χ3v) is 15.8. The largest absolute Gasteiger partial charge is 0.440 e. The molecule has 0 saturated carbocycles. The number of thiophene rings is 1. The molecule has 66 heavy (non-hydrogen) atoms. The number of rotatable bonds is 4. The van der Waals surface area contributed by atoms with Gasteiger partial charge in [0.05, 0.1) is 11.1 Å². The zero-order chi connectivity index (χ0) is 43.9. The lowest BCUT2D eigenvalue weighted by molar-refractivity contribution is 0.590. The predicted octanol–water partition coefficient (Wildman–Crippen LogP) is 15.2. The fraction of sp³-hybridized carbons (Fsp3) is 0.0820. The molecule has 5 heteroatoms. The standard InChI is InChI=1S/C61H43BN2OS/c1-60(2,3)41-34-35-48(45(36-41)38-20-7-4-8-21-38)63-50-37-53-54(43-27-14-18-33-52(43)66-53)55-44-28-19-30-47-58(44)64(62(57(50)55)56-42-26-13-17-32-51(42)65-59(56)63)49-31-16-15-29-46(49)61(47,39-22-9-5-10-23-39)40-24-11-6-12-25-40/h4-37H,1-3H3. The van der Waals surface area contributed by atoms with Crippen molar-refractivity contribution in [3.05, 3.63) is 234 Å². The maximum atomic E-state index is 7.37. The average Bonchev–Trinajstić information content (AvgIpc) is 3.94. The van der Waals surface area contributed by atoms with Crippen molar-refractivity contribution < 1.29 is 4.42 Å². The number of anilines is 5. The summed E-state index contributed by atoms with van der Waals surface area (Å²) in [4.78, 5) is 5.18. The maximum Gasteiger partial charge on any atom is 0.337 e. The van der Waals surface area contributed by atoms with Crippen LogP contribution in [0.5, 0.6) is 0 Å². The Kier molecular flexibility index (Phi) is 7.84. The number of furan rings is 1. The van der Waals surface area contributed by atoms with Crippen molar-refractivity contribution in [1.29, 1.82) is 0 Å². The number of para-hydroxylation sites is 3. The van der Waals surface area contributed by atoms with Crippen molar-refractivity contribution in [2.75, 3.05) is 9.71 Å². The summed E-state index contributed by atoms with van der Waals surface area (Å²) >= 11 is 1.89. The van der Waals surface area contributed by atoms with Crippen LogP contribution in [0.2, 0.25) is 0 Å². The summed E-state index contributed by atoms with van der Waals surface area (Å²) in [6, 6.07) is 76.9. The van der Waals surface area contributed by atoms with Crippen LogP contribution in [0, 0.1) is 0 Å². The van der Waals surface area contributed by atoms with E-state index in [1.54, 1.807) is 0 Å². The van der Waals surface area contributed by atoms with E-state index in [-0.39, 0.29) is 12.3 Å². The van der Waals surface area contributed by atoms with Crippen molar-refractivity contribution in [3.63, 3.8) is 0 Å². The van der Waals surface area contributed by atoms with E-state index >= 15 is 0 Å². The van der Waals surface area contributed by atoms with Crippen LogP contribution in [-0.2, 0) is 10.8 Å². The first-order valence-corrected chi connectivity index (χ1v) is 23.9. The fourth-order valence-electron chi connectivity index (χ4n) is 11.9. The highest BCUT2D eigenvalue weighted by Gasteiger charge is 2.55. The SMILES string of the molecule is CC(C)(C)c1ccc(N2c3cc4sc5ccccc5c4c4c3B(c3c2oc2ccccc32)N2c3ccccc3C(c3ccccc3)(c3ccccc3)c3cccc-4c32)c(-c2ccccc2)c1. The highest BCUT2D eigenvalue weighted by Crippen LogP contribution is 2.62. The Balaban J connectivity index is 1.19. The molecule has 0 atom stereocenters. The molecule has 0 spiro atoms. The number of hydrogen-bond donors (Lipinski definition) is 0. The molecular formula is C61H43BN2OS. The van der Waals surface area contributed by atoms with Crippen molar-refractivity contribution in [1.82, 2.24) is 0 Å². The Bertz CT molecular complexity index is 3730. The molecule has 0 unspecified atom stereocenters. The molecule has 0 aliphatic carbocycles. The first-order valence-electron chi connectivity index (χ1n) is 23.0. The Hall–Kier alpha value is -7.60. The van der Waals surface area contributed by atoms with E-state index in [9.17, 15) is 0 Å². The molecular weight excluding hydrogens is 820 g/mol. The van der Waals surface area contributed by atoms with Gasteiger partial charge in [-0.2, -0.15) is 0 Å². The van der Waals surface area contributed by atoms with Crippen LogP contribution in [0.1, 0.15) is 48.6 Å². The Labute approximate surface area is 388 Å². The number of nitrogens with zero attached hydrogens (tertiary/aromatic N) is 2. The van der Waals surface area contributed by atoms with E-state index in [1.807, 2.05) is 11.3 Å². The van der Waals surface area contributed by atoms with Crippen LogP contribution in [0.25, 0.3) is 53.4 Å². The normalized spacial score (nSPS) is 14.3. The highest BCUT2D eigenvalue weighted by molar-refractivity contribution is 7.26. The summed E-state index contributed by atoms with van der Waals surface area (Å²) in [5.41, 5.74) is 18.7. The van der Waals surface area contributed by atoms with Gasteiger partial charge in [0.1, 0.15) is 5.58 Å². The molecule has 0 bridgehead atoms. The molecule has 11 aromatic rings. The lowest BCUT2D eigenvalue weighted by Gasteiger charge is -2.52. The van der Waals surface area contributed by atoms with E-state index in [0.717, 1.165) is 28.2 Å². The summed E-state index contributed by atoms with van der Waals surface area (Å²) in [6.07, 6.45) is 0. The van der Waals surface area contributed by atoms with Gasteiger partial charge in [-0.1, -0.05) is 191 Å². The smallest absolute Gasteiger partial charge is 0.337 e. The summed E-state index contributed by atoms with van der Waals surface area (Å²) in [5.74, 6) is 0.863. The Morgan fingerprint density at radius 1 is 0.515 bits per heavy atom. The zero-order valence-electron chi connectivity index (χ0n) is 36.9. The van der Waals surface area contributed by atoms with Gasteiger partial charge in [-0.25, -0.2) is 0 Å². The van der Waals surface area contributed by atoms with Crippen LogP contribution < -0.4 is 20.6 Å². The third-order valence-electron chi connectivity index (χ3n) is 14.7. The number of fused-ring (bicyclic) bond motifs is 12. The minimum absolute atomic E-state index is 0.0491. The maximum absolute atomic E-state index is 7.37. The van der Waals surface area contributed by atoms with Crippen LogP contribution in [0.15, 0.2) is 211 Å². The van der Waals surface area contributed by atoms with Crippen LogP contribution >= 0.6 is 11.3 Å². The van der Waals surface area contributed by atoms with Gasteiger partial charge in [-0.3, -0.25) is 4.90 Å². The molecule has 9 aromatic carbocycles. The molecule has 0 fully saturated rings. The van der Waals surface area contributed by atoms with Gasteiger partial charge in [0.25, 0.3) is 0 Å². The average molecular weight is 863 g/mol. The van der Waals surface area contributed by atoms with E-state index in [0.29, 0.717) is 0 Å². The highest BCUT2D eigenvalue weighted by atomic mass is 32.1. The van der Waals surface area contributed by atoms with E-state index in [2.05, 4.69) is 237 Å². The second kappa shape index (κ2) is 13.7. The van der Waals surface area contributed by atoms with E-state index < -0.39 is 5.41 Å². The van der Waals surface area contributed by atoms with Crippen LogP contribution in [-0.4, -0.2) is 6.85 Å². The second-order valence-electron chi connectivity index (χ2n) is 19.1. The van der Waals surface area contributed by atoms with Crippen molar-refractivity contribution in [2.45, 2.75) is 31.6 Å². The molecule has 3 nitrogen and oxygen atoms in total. The van der Waals surface area contributed by atoms with Gasteiger partial charge in [0.15, 0.2) is 0 Å². The second-order valence-corrected chi connectivity index (χ2v) is 20.2. The molecule has 5 heterocycles.